The number of rotatable bonds is 6. The predicted octanol–water partition coefficient (Wildman–Crippen LogP) is 6.50. The van der Waals surface area contributed by atoms with Crippen molar-refractivity contribution in [1.29, 1.82) is 0 Å². The van der Waals surface area contributed by atoms with Gasteiger partial charge in [0.2, 0.25) is 0 Å². The van der Waals surface area contributed by atoms with Gasteiger partial charge in [0.1, 0.15) is 0 Å². The lowest BCUT2D eigenvalue weighted by molar-refractivity contribution is -0.385. The van der Waals surface area contributed by atoms with Crippen molar-refractivity contribution in [3.63, 3.8) is 0 Å². The molecule has 0 radical (unpaired) electrons. The molecule has 0 saturated heterocycles. The van der Waals surface area contributed by atoms with Crippen LogP contribution in [0.4, 0.5) is 22.7 Å². The molecule has 0 heterocycles. The maximum Gasteiger partial charge on any atom is 0.269 e. The molecule has 0 atom stereocenters. The standard InChI is InChI=1S/2C13H9NO3.C6H8N2/c2*15-13(10-4-2-1-3-5-10)11-6-8-12(9-7-11)14(16)17;7-5-2-1-3-6(8)4-5/h2*1-9H;1-4H,7-8H2. The number of carbonyl (C=O) groups is 2. The third kappa shape index (κ3) is 8.95. The Hall–Kier alpha value is -6.16. The molecule has 0 amide bonds. The van der Waals surface area contributed by atoms with E-state index < -0.39 is 9.85 Å². The zero-order valence-corrected chi connectivity index (χ0v) is 22.2. The van der Waals surface area contributed by atoms with Gasteiger partial charge in [0, 0.05) is 57.9 Å². The molecule has 0 saturated carbocycles. The number of nitrogens with two attached hydrogens (primary N) is 2. The molecule has 0 aliphatic heterocycles. The molecule has 0 bridgehead atoms. The van der Waals surface area contributed by atoms with Crippen molar-refractivity contribution in [3.8, 4) is 0 Å². The fourth-order valence-corrected chi connectivity index (χ4v) is 3.54. The van der Waals surface area contributed by atoms with Gasteiger partial charge in [-0.15, -0.1) is 0 Å². The zero-order chi connectivity index (χ0) is 30.5. The van der Waals surface area contributed by atoms with Crippen molar-refractivity contribution in [1.82, 2.24) is 0 Å². The fourth-order valence-electron chi connectivity index (χ4n) is 3.54. The average molecular weight is 563 g/mol. The van der Waals surface area contributed by atoms with E-state index in [-0.39, 0.29) is 22.9 Å². The third-order valence-corrected chi connectivity index (χ3v) is 5.66. The molecule has 5 aromatic rings. The molecule has 0 spiro atoms. The Balaban J connectivity index is 0.000000184. The number of anilines is 2. The van der Waals surface area contributed by atoms with E-state index >= 15 is 0 Å². The summed E-state index contributed by atoms with van der Waals surface area (Å²) in [5.41, 5.74) is 14.2. The molecule has 0 aliphatic rings. The van der Waals surface area contributed by atoms with Gasteiger partial charge >= 0.3 is 0 Å². The maximum absolute atomic E-state index is 12.0. The Kier molecular flexibility index (Phi) is 10.7. The van der Waals surface area contributed by atoms with E-state index in [0.717, 1.165) is 0 Å². The highest BCUT2D eigenvalue weighted by Crippen LogP contribution is 2.16. The van der Waals surface area contributed by atoms with E-state index in [9.17, 15) is 29.8 Å². The molecule has 0 aliphatic carbocycles. The predicted molar refractivity (Wildman–Crippen MR) is 161 cm³/mol. The van der Waals surface area contributed by atoms with E-state index in [2.05, 4.69) is 0 Å². The number of hydrogen-bond acceptors (Lipinski definition) is 8. The summed E-state index contributed by atoms with van der Waals surface area (Å²) in [6.45, 7) is 0. The summed E-state index contributed by atoms with van der Waals surface area (Å²) in [6, 6.07) is 35.9. The number of ketones is 2. The van der Waals surface area contributed by atoms with Gasteiger partial charge in [-0.25, -0.2) is 0 Å². The van der Waals surface area contributed by atoms with Crippen LogP contribution in [0.15, 0.2) is 133 Å². The first-order valence-corrected chi connectivity index (χ1v) is 12.4. The van der Waals surface area contributed by atoms with Gasteiger partial charge in [-0.05, 0) is 42.5 Å². The SMILES string of the molecule is Nc1cccc(N)c1.O=C(c1ccccc1)c1ccc([N+](=O)[O-])cc1.O=C(c1ccccc1)c1ccc([N+](=O)[O-])cc1. The summed E-state index contributed by atoms with van der Waals surface area (Å²) in [6.07, 6.45) is 0. The van der Waals surface area contributed by atoms with Crippen LogP contribution in [-0.4, -0.2) is 21.4 Å². The van der Waals surface area contributed by atoms with Crippen LogP contribution in [0.3, 0.4) is 0 Å². The Morgan fingerprint density at radius 3 is 1.02 bits per heavy atom. The maximum atomic E-state index is 12.0. The Morgan fingerprint density at radius 1 is 0.452 bits per heavy atom. The van der Waals surface area contributed by atoms with Gasteiger partial charge in [-0.1, -0.05) is 66.7 Å². The van der Waals surface area contributed by atoms with Gasteiger partial charge in [0.15, 0.2) is 11.6 Å². The lowest BCUT2D eigenvalue weighted by atomic mass is 10.0. The van der Waals surface area contributed by atoms with Crippen LogP contribution < -0.4 is 11.5 Å². The lowest BCUT2D eigenvalue weighted by Crippen LogP contribution is -2.00. The van der Waals surface area contributed by atoms with Gasteiger partial charge in [-0.3, -0.25) is 29.8 Å². The number of non-ortho nitro benzene ring substituents is 2. The molecule has 0 aromatic heterocycles. The quantitative estimate of drug-likeness (QED) is 0.102. The zero-order valence-electron chi connectivity index (χ0n) is 22.2. The number of nitrogens with zero attached hydrogens (tertiary/aromatic N) is 2. The number of hydrogen-bond donors (Lipinski definition) is 2. The topological polar surface area (TPSA) is 172 Å². The van der Waals surface area contributed by atoms with Crippen LogP contribution in [-0.2, 0) is 0 Å². The number of nitro groups is 2. The number of carbonyl (C=O) groups excluding carboxylic acids is 2. The lowest BCUT2D eigenvalue weighted by Gasteiger charge is -2.00. The largest absolute Gasteiger partial charge is 0.399 e. The van der Waals surface area contributed by atoms with E-state index in [1.54, 1.807) is 66.7 Å². The normalized spacial score (nSPS) is 9.71. The highest BCUT2D eigenvalue weighted by Gasteiger charge is 2.12. The van der Waals surface area contributed by atoms with Crippen molar-refractivity contribution in [3.05, 3.63) is 176 Å². The Morgan fingerprint density at radius 2 is 0.762 bits per heavy atom. The van der Waals surface area contributed by atoms with Crippen LogP contribution in [0.1, 0.15) is 31.8 Å². The van der Waals surface area contributed by atoms with Crippen molar-refractivity contribution < 1.29 is 19.4 Å². The second kappa shape index (κ2) is 14.8. The molecular weight excluding hydrogens is 536 g/mol. The molecule has 0 fully saturated rings. The molecule has 0 unspecified atom stereocenters. The third-order valence-electron chi connectivity index (χ3n) is 5.66. The molecular formula is C32H26N4O6. The van der Waals surface area contributed by atoms with E-state index in [0.29, 0.717) is 33.6 Å². The first kappa shape index (κ1) is 30.4. The highest BCUT2D eigenvalue weighted by atomic mass is 16.6. The Bertz CT molecular complexity index is 1540. The highest BCUT2D eigenvalue weighted by molar-refractivity contribution is 6.09. The smallest absolute Gasteiger partial charge is 0.269 e. The summed E-state index contributed by atoms with van der Waals surface area (Å²) in [5, 5.41) is 20.9. The summed E-state index contributed by atoms with van der Waals surface area (Å²) in [4.78, 5) is 43.9. The second-order valence-electron chi connectivity index (χ2n) is 8.67. The molecule has 5 aromatic carbocycles. The molecule has 10 heteroatoms. The van der Waals surface area contributed by atoms with Gasteiger partial charge in [0.25, 0.3) is 11.4 Å². The van der Waals surface area contributed by atoms with Gasteiger partial charge < -0.3 is 11.5 Å². The average Bonchev–Trinajstić information content (AvgIpc) is 3.02. The Labute approximate surface area is 241 Å². The molecule has 10 nitrogen and oxygen atoms in total. The molecule has 42 heavy (non-hydrogen) atoms. The van der Waals surface area contributed by atoms with Crippen molar-refractivity contribution in [2.45, 2.75) is 0 Å². The van der Waals surface area contributed by atoms with Crippen molar-refractivity contribution >= 4 is 34.3 Å². The summed E-state index contributed by atoms with van der Waals surface area (Å²) in [5.74, 6) is -0.277. The first-order chi connectivity index (χ1) is 20.2. The van der Waals surface area contributed by atoms with E-state index in [4.69, 9.17) is 11.5 Å². The first-order valence-electron chi connectivity index (χ1n) is 12.4. The van der Waals surface area contributed by atoms with Crippen LogP contribution in [0.5, 0.6) is 0 Å². The number of benzene rings is 5. The van der Waals surface area contributed by atoms with Crippen molar-refractivity contribution in [2.75, 3.05) is 11.5 Å². The minimum absolute atomic E-state index is 0.0189. The molecule has 5 rings (SSSR count). The summed E-state index contributed by atoms with van der Waals surface area (Å²) in [7, 11) is 0. The summed E-state index contributed by atoms with van der Waals surface area (Å²) < 4.78 is 0. The number of nitro benzene ring substituents is 2. The summed E-state index contributed by atoms with van der Waals surface area (Å²) >= 11 is 0. The molecule has 210 valence electrons. The van der Waals surface area contributed by atoms with Crippen LogP contribution in [0.2, 0.25) is 0 Å². The fraction of sp³-hybridized carbons (Fsp3) is 0. The van der Waals surface area contributed by atoms with Crippen LogP contribution >= 0.6 is 0 Å². The minimum atomic E-state index is -0.489. The number of nitrogen functional groups attached to an aromatic ring is 2. The second-order valence-corrected chi connectivity index (χ2v) is 8.67. The van der Waals surface area contributed by atoms with Gasteiger partial charge in [0.05, 0.1) is 9.85 Å². The molecule has 4 N–H and O–H groups in total. The van der Waals surface area contributed by atoms with Crippen LogP contribution in [0, 0.1) is 20.2 Å². The van der Waals surface area contributed by atoms with E-state index in [1.165, 1.54) is 48.5 Å². The monoisotopic (exact) mass is 562 g/mol. The minimum Gasteiger partial charge on any atom is -0.399 e. The van der Waals surface area contributed by atoms with Crippen molar-refractivity contribution in [2.24, 2.45) is 0 Å². The van der Waals surface area contributed by atoms with Crippen LogP contribution in [0.25, 0.3) is 0 Å². The van der Waals surface area contributed by atoms with Gasteiger partial charge in [-0.2, -0.15) is 0 Å². The van der Waals surface area contributed by atoms with E-state index in [1.807, 2.05) is 18.2 Å².